The van der Waals surface area contributed by atoms with Crippen molar-refractivity contribution in [2.75, 3.05) is 13.1 Å². The van der Waals surface area contributed by atoms with E-state index in [9.17, 15) is 4.79 Å². The molecule has 1 N–H and O–H groups in total. The van der Waals surface area contributed by atoms with E-state index in [1.54, 1.807) is 12.3 Å². The molecule has 1 atom stereocenters. The average molecular weight is 190 g/mol. The van der Waals surface area contributed by atoms with Gasteiger partial charge < -0.3 is 5.32 Å². The Bertz CT molecular complexity index is 304. The van der Waals surface area contributed by atoms with Gasteiger partial charge in [-0.3, -0.25) is 9.78 Å². The summed E-state index contributed by atoms with van der Waals surface area (Å²) in [7, 11) is 0. The summed E-state index contributed by atoms with van der Waals surface area (Å²) in [5.74, 6) is 0.302. The molecule has 1 saturated heterocycles. The van der Waals surface area contributed by atoms with Crippen molar-refractivity contribution in [2.45, 2.75) is 12.8 Å². The van der Waals surface area contributed by atoms with Crippen LogP contribution in [0.1, 0.15) is 23.3 Å². The standard InChI is InChI=1S/C11H14N2O/c14-11(9-4-3-6-12-8-9)10-5-1-2-7-13-10/h1-2,5,7,9,12H,3-4,6,8H2/t9-/m1/s1. The number of aromatic nitrogens is 1. The topological polar surface area (TPSA) is 42.0 Å². The molecule has 0 aliphatic carbocycles. The number of nitrogens with zero attached hydrogens (tertiary/aromatic N) is 1. The third-order valence-electron chi connectivity index (χ3n) is 2.59. The number of carbonyl (C=O) groups excluding carboxylic acids is 1. The number of hydrogen-bond acceptors (Lipinski definition) is 3. The summed E-state index contributed by atoms with van der Waals surface area (Å²) in [4.78, 5) is 16.0. The van der Waals surface area contributed by atoms with E-state index in [1.165, 1.54) is 0 Å². The summed E-state index contributed by atoms with van der Waals surface area (Å²) in [5.41, 5.74) is 0.598. The maximum atomic E-state index is 11.9. The highest BCUT2D eigenvalue weighted by molar-refractivity contribution is 5.96. The van der Waals surface area contributed by atoms with E-state index in [2.05, 4.69) is 10.3 Å². The second-order valence-electron chi connectivity index (χ2n) is 3.62. The quantitative estimate of drug-likeness (QED) is 0.714. The Morgan fingerprint density at radius 3 is 3.07 bits per heavy atom. The van der Waals surface area contributed by atoms with Crippen molar-refractivity contribution in [3.63, 3.8) is 0 Å². The lowest BCUT2D eigenvalue weighted by atomic mass is 9.93. The summed E-state index contributed by atoms with van der Waals surface area (Å²) in [5, 5.41) is 3.24. The molecule has 0 saturated carbocycles. The van der Waals surface area contributed by atoms with Gasteiger partial charge in [-0.1, -0.05) is 6.07 Å². The largest absolute Gasteiger partial charge is 0.316 e. The highest BCUT2D eigenvalue weighted by Crippen LogP contribution is 2.14. The Morgan fingerprint density at radius 1 is 1.50 bits per heavy atom. The molecule has 0 radical (unpaired) electrons. The number of rotatable bonds is 2. The molecule has 1 aromatic rings. The van der Waals surface area contributed by atoms with Crippen molar-refractivity contribution >= 4 is 5.78 Å². The summed E-state index contributed by atoms with van der Waals surface area (Å²) in [6.45, 7) is 1.83. The second-order valence-corrected chi connectivity index (χ2v) is 3.62. The predicted molar refractivity (Wildman–Crippen MR) is 54.2 cm³/mol. The lowest BCUT2D eigenvalue weighted by Crippen LogP contribution is -2.34. The van der Waals surface area contributed by atoms with Crippen LogP contribution in [-0.4, -0.2) is 23.9 Å². The molecule has 3 nitrogen and oxygen atoms in total. The van der Waals surface area contributed by atoms with Gasteiger partial charge in [0.25, 0.3) is 0 Å². The van der Waals surface area contributed by atoms with Crippen LogP contribution < -0.4 is 5.32 Å². The Balaban J connectivity index is 2.07. The fourth-order valence-electron chi connectivity index (χ4n) is 1.79. The SMILES string of the molecule is O=C(c1ccccn1)[C@@H]1CCCNC1. The van der Waals surface area contributed by atoms with Crippen LogP contribution in [0.5, 0.6) is 0 Å². The van der Waals surface area contributed by atoms with Crippen LogP contribution in [0.3, 0.4) is 0 Å². The fourth-order valence-corrected chi connectivity index (χ4v) is 1.79. The molecule has 3 heteroatoms. The molecule has 0 bridgehead atoms. The van der Waals surface area contributed by atoms with E-state index in [-0.39, 0.29) is 11.7 Å². The first-order valence-corrected chi connectivity index (χ1v) is 5.04. The lowest BCUT2D eigenvalue weighted by molar-refractivity contribution is 0.0894. The summed E-state index contributed by atoms with van der Waals surface area (Å²) >= 11 is 0. The molecule has 1 aliphatic heterocycles. The zero-order valence-corrected chi connectivity index (χ0v) is 8.07. The van der Waals surface area contributed by atoms with Crippen molar-refractivity contribution in [3.05, 3.63) is 30.1 Å². The number of hydrogen-bond donors (Lipinski definition) is 1. The molecule has 14 heavy (non-hydrogen) atoms. The third-order valence-corrected chi connectivity index (χ3v) is 2.59. The van der Waals surface area contributed by atoms with Crippen molar-refractivity contribution in [1.82, 2.24) is 10.3 Å². The van der Waals surface area contributed by atoms with Crippen molar-refractivity contribution in [3.8, 4) is 0 Å². The number of ketones is 1. The second kappa shape index (κ2) is 4.33. The number of carbonyl (C=O) groups is 1. The van der Waals surface area contributed by atoms with Crippen LogP contribution in [0.15, 0.2) is 24.4 Å². The first kappa shape index (κ1) is 9.34. The van der Waals surface area contributed by atoms with Gasteiger partial charge in [-0.15, -0.1) is 0 Å². The van der Waals surface area contributed by atoms with E-state index in [1.807, 2.05) is 12.1 Å². The van der Waals surface area contributed by atoms with E-state index < -0.39 is 0 Å². The van der Waals surface area contributed by atoms with Crippen LogP contribution in [0.4, 0.5) is 0 Å². The molecule has 1 aliphatic rings. The van der Waals surface area contributed by atoms with Crippen LogP contribution >= 0.6 is 0 Å². The van der Waals surface area contributed by atoms with E-state index in [0.29, 0.717) is 5.69 Å². The molecule has 0 spiro atoms. The number of piperidine rings is 1. The summed E-state index contributed by atoms with van der Waals surface area (Å²) in [6.07, 6.45) is 3.75. The van der Waals surface area contributed by atoms with Crippen LogP contribution in [0.2, 0.25) is 0 Å². The van der Waals surface area contributed by atoms with Crippen LogP contribution in [0, 0.1) is 5.92 Å². The number of nitrogens with one attached hydrogen (secondary N) is 1. The molecule has 0 amide bonds. The van der Waals surface area contributed by atoms with Crippen LogP contribution in [-0.2, 0) is 0 Å². The minimum Gasteiger partial charge on any atom is -0.316 e. The monoisotopic (exact) mass is 190 g/mol. The van der Waals surface area contributed by atoms with Gasteiger partial charge in [-0.05, 0) is 31.5 Å². The predicted octanol–water partition coefficient (Wildman–Crippen LogP) is 1.26. The zero-order chi connectivity index (χ0) is 9.80. The highest BCUT2D eigenvalue weighted by atomic mass is 16.1. The van der Waals surface area contributed by atoms with Gasteiger partial charge >= 0.3 is 0 Å². The average Bonchev–Trinajstić information content (AvgIpc) is 2.30. The first-order valence-electron chi connectivity index (χ1n) is 5.04. The molecule has 2 heterocycles. The van der Waals surface area contributed by atoms with Crippen molar-refractivity contribution in [2.24, 2.45) is 5.92 Å². The van der Waals surface area contributed by atoms with E-state index in [4.69, 9.17) is 0 Å². The fraction of sp³-hybridized carbons (Fsp3) is 0.455. The normalized spacial score (nSPS) is 21.9. The molecule has 1 aromatic heterocycles. The van der Waals surface area contributed by atoms with Crippen molar-refractivity contribution in [1.29, 1.82) is 0 Å². The van der Waals surface area contributed by atoms with Gasteiger partial charge in [0.2, 0.25) is 0 Å². The molecule has 0 aromatic carbocycles. The highest BCUT2D eigenvalue weighted by Gasteiger charge is 2.22. The van der Waals surface area contributed by atoms with E-state index in [0.717, 1.165) is 25.9 Å². The van der Waals surface area contributed by atoms with Gasteiger partial charge in [0, 0.05) is 18.7 Å². The van der Waals surface area contributed by atoms with E-state index >= 15 is 0 Å². The molecule has 1 fully saturated rings. The smallest absolute Gasteiger partial charge is 0.185 e. The molecular formula is C11H14N2O. The van der Waals surface area contributed by atoms with Crippen LogP contribution in [0.25, 0.3) is 0 Å². The van der Waals surface area contributed by atoms with Gasteiger partial charge in [0.05, 0.1) is 0 Å². The minimum atomic E-state index is 0.124. The first-order chi connectivity index (χ1) is 6.88. The Hall–Kier alpha value is -1.22. The van der Waals surface area contributed by atoms with Gasteiger partial charge in [-0.25, -0.2) is 0 Å². The van der Waals surface area contributed by atoms with Gasteiger partial charge in [-0.2, -0.15) is 0 Å². The van der Waals surface area contributed by atoms with Crippen molar-refractivity contribution < 1.29 is 4.79 Å². The molecule has 74 valence electrons. The maximum absolute atomic E-state index is 11.9. The molecular weight excluding hydrogens is 176 g/mol. The number of pyridine rings is 1. The Morgan fingerprint density at radius 2 is 2.43 bits per heavy atom. The summed E-state index contributed by atoms with van der Waals surface area (Å²) < 4.78 is 0. The maximum Gasteiger partial charge on any atom is 0.185 e. The third kappa shape index (κ3) is 1.99. The molecule has 2 rings (SSSR count). The Kier molecular flexibility index (Phi) is 2.89. The molecule has 0 unspecified atom stereocenters. The van der Waals surface area contributed by atoms with Gasteiger partial charge in [0.15, 0.2) is 5.78 Å². The minimum absolute atomic E-state index is 0.124. The summed E-state index contributed by atoms with van der Waals surface area (Å²) in [6, 6.07) is 5.48. The zero-order valence-electron chi connectivity index (χ0n) is 8.07. The van der Waals surface area contributed by atoms with Gasteiger partial charge in [0.1, 0.15) is 5.69 Å². The lowest BCUT2D eigenvalue weighted by Gasteiger charge is -2.20. The number of Topliss-reactive ketones (excluding diaryl/α,β-unsaturated/α-hetero) is 1. The Labute approximate surface area is 83.5 Å².